The molecule has 1 aliphatic rings. The fourth-order valence-corrected chi connectivity index (χ4v) is 3.83. The number of nitrogens with zero attached hydrogens (tertiary/aromatic N) is 2. The third-order valence-corrected chi connectivity index (χ3v) is 5.26. The first kappa shape index (κ1) is 20.3. The first-order chi connectivity index (χ1) is 13.7. The summed E-state index contributed by atoms with van der Waals surface area (Å²) in [6.45, 7) is 4.73. The van der Waals surface area contributed by atoms with E-state index in [9.17, 15) is 4.79 Å². The number of piperidine rings is 1. The zero-order valence-electron chi connectivity index (χ0n) is 17.0. The number of furan rings is 1. The first-order valence-electron chi connectivity index (χ1n) is 9.95. The molecule has 6 nitrogen and oxygen atoms in total. The molecule has 1 fully saturated rings. The second-order valence-corrected chi connectivity index (χ2v) is 7.14. The van der Waals surface area contributed by atoms with Gasteiger partial charge in [0.2, 0.25) is 5.91 Å². The molecule has 1 aliphatic heterocycles. The monoisotopic (exact) mass is 386 g/mol. The van der Waals surface area contributed by atoms with Gasteiger partial charge in [-0.2, -0.15) is 0 Å². The Hall–Kier alpha value is -2.47. The number of carbonyl (C=O) groups excluding carboxylic acids is 1. The molecule has 0 N–H and O–H groups in total. The second kappa shape index (κ2) is 9.64. The number of ether oxygens (including phenoxy) is 2. The fraction of sp³-hybridized carbons (Fsp3) is 0.500. The molecule has 3 rings (SSSR count). The molecule has 0 unspecified atom stereocenters. The Kier molecular flexibility index (Phi) is 6.98. The highest BCUT2D eigenvalue weighted by molar-refractivity contribution is 5.94. The molecule has 0 bridgehead atoms. The van der Waals surface area contributed by atoms with Gasteiger partial charge >= 0.3 is 0 Å². The molecule has 0 radical (unpaired) electrons. The van der Waals surface area contributed by atoms with Crippen LogP contribution in [-0.4, -0.2) is 44.2 Å². The van der Waals surface area contributed by atoms with Gasteiger partial charge in [-0.3, -0.25) is 9.69 Å². The Morgan fingerprint density at radius 2 is 1.93 bits per heavy atom. The van der Waals surface area contributed by atoms with Crippen LogP contribution < -0.4 is 14.4 Å². The third kappa shape index (κ3) is 4.68. The molecule has 1 aromatic heterocycles. The molecule has 0 saturated carbocycles. The zero-order valence-corrected chi connectivity index (χ0v) is 17.0. The van der Waals surface area contributed by atoms with Gasteiger partial charge < -0.3 is 18.8 Å². The van der Waals surface area contributed by atoms with Gasteiger partial charge in [-0.25, -0.2) is 0 Å². The van der Waals surface area contributed by atoms with Crippen molar-refractivity contribution in [3.63, 3.8) is 0 Å². The average molecular weight is 386 g/mol. The molecule has 152 valence electrons. The smallest absolute Gasteiger partial charge is 0.227 e. The Bertz CT molecular complexity index is 752. The zero-order chi connectivity index (χ0) is 19.9. The molecular formula is C22H30N2O4. The van der Waals surface area contributed by atoms with Gasteiger partial charge in [-0.1, -0.05) is 6.92 Å². The van der Waals surface area contributed by atoms with Crippen LogP contribution in [0.5, 0.6) is 11.5 Å². The number of carbonyl (C=O) groups is 1. The summed E-state index contributed by atoms with van der Waals surface area (Å²) in [5.41, 5.74) is 0.876. The highest BCUT2D eigenvalue weighted by Crippen LogP contribution is 2.34. The van der Waals surface area contributed by atoms with Crippen LogP contribution in [0, 0.1) is 0 Å². The lowest BCUT2D eigenvalue weighted by atomic mass is 10.0. The first-order valence-corrected chi connectivity index (χ1v) is 9.95. The van der Waals surface area contributed by atoms with Crippen LogP contribution in [0.4, 0.5) is 5.69 Å². The van der Waals surface area contributed by atoms with E-state index in [2.05, 4.69) is 4.90 Å². The van der Waals surface area contributed by atoms with Crippen LogP contribution in [0.2, 0.25) is 0 Å². The van der Waals surface area contributed by atoms with Crippen LogP contribution in [0.25, 0.3) is 0 Å². The summed E-state index contributed by atoms with van der Waals surface area (Å²) in [6.07, 6.45) is 4.96. The Labute approximate surface area is 167 Å². The molecule has 0 spiro atoms. The lowest BCUT2D eigenvalue weighted by Crippen LogP contribution is -2.47. The number of hydrogen-bond donors (Lipinski definition) is 0. The molecule has 0 aliphatic carbocycles. The quantitative estimate of drug-likeness (QED) is 0.684. The predicted molar refractivity (Wildman–Crippen MR) is 109 cm³/mol. The molecule has 0 atom stereocenters. The Morgan fingerprint density at radius 3 is 2.54 bits per heavy atom. The Morgan fingerprint density at radius 1 is 1.18 bits per heavy atom. The van der Waals surface area contributed by atoms with Gasteiger partial charge in [0.05, 0.1) is 27.0 Å². The van der Waals surface area contributed by atoms with E-state index in [1.165, 1.54) is 0 Å². The number of amides is 1. The van der Waals surface area contributed by atoms with E-state index in [0.717, 1.165) is 50.3 Å². The van der Waals surface area contributed by atoms with Crippen molar-refractivity contribution in [2.24, 2.45) is 0 Å². The lowest BCUT2D eigenvalue weighted by molar-refractivity contribution is -0.119. The predicted octanol–water partition coefficient (Wildman–Crippen LogP) is 4.09. The summed E-state index contributed by atoms with van der Waals surface area (Å²) in [5.74, 6) is 2.46. The van der Waals surface area contributed by atoms with Crippen molar-refractivity contribution in [3.8, 4) is 11.5 Å². The van der Waals surface area contributed by atoms with Crippen molar-refractivity contribution in [2.45, 2.75) is 45.2 Å². The summed E-state index contributed by atoms with van der Waals surface area (Å²) in [6, 6.07) is 9.83. The van der Waals surface area contributed by atoms with Gasteiger partial charge in [0.25, 0.3) is 0 Å². The number of rotatable bonds is 8. The van der Waals surface area contributed by atoms with E-state index in [-0.39, 0.29) is 11.9 Å². The molecular weight excluding hydrogens is 356 g/mol. The lowest BCUT2D eigenvalue weighted by Gasteiger charge is -2.38. The Balaban J connectivity index is 1.75. The number of likely N-dealkylation sites (tertiary alicyclic amines) is 1. The van der Waals surface area contributed by atoms with Gasteiger partial charge in [-0.05, 0) is 43.5 Å². The number of methoxy groups -OCH3 is 2. The van der Waals surface area contributed by atoms with Gasteiger partial charge in [-0.15, -0.1) is 0 Å². The largest absolute Gasteiger partial charge is 0.493 e. The standard InChI is InChI=1S/C22H30N2O4/c1-4-6-22(25)24(18-8-9-20(26-2)21(15-18)27-3)17-10-12-23(13-11-17)16-19-7-5-14-28-19/h5,7-9,14-15,17H,4,6,10-13,16H2,1-3H3. The van der Waals surface area contributed by atoms with Crippen molar-refractivity contribution in [3.05, 3.63) is 42.4 Å². The molecule has 1 saturated heterocycles. The topological polar surface area (TPSA) is 55.2 Å². The third-order valence-electron chi connectivity index (χ3n) is 5.26. The number of benzene rings is 1. The molecule has 1 amide bonds. The van der Waals surface area contributed by atoms with E-state index in [1.54, 1.807) is 20.5 Å². The van der Waals surface area contributed by atoms with Crippen molar-refractivity contribution in [1.29, 1.82) is 0 Å². The van der Waals surface area contributed by atoms with Gasteiger partial charge in [0.1, 0.15) is 5.76 Å². The highest BCUT2D eigenvalue weighted by atomic mass is 16.5. The number of hydrogen-bond acceptors (Lipinski definition) is 5. The summed E-state index contributed by atoms with van der Waals surface area (Å²) in [7, 11) is 3.24. The minimum atomic E-state index is 0.166. The van der Waals surface area contributed by atoms with E-state index in [1.807, 2.05) is 42.2 Å². The van der Waals surface area contributed by atoms with Crippen LogP contribution >= 0.6 is 0 Å². The maximum atomic E-state index is 13.0. The normalized spacial score (nSPS) is 15.4. The maximum absolute atomic E-state index is 13.0. The van der Waals surface area contributed by atoms with Crippen molar-refractivity contribution in [1.82, 2.24) is 4.90 Å². The van der Waals surface area contributed by atoms with Crippen molar-refractivity contribution >= 4 is 11.6 Å². The fourth-order valence-electron chi connectivity index (χ4n) is 3.83. The van der Waals surface area contributed by atoms with Crippen LogP contribution in [0.3, 0.4) is 0 Å². The van der Waals surface area contributed by atoms with E-state index < -0.39 is 0 Å². The summed E-state index contributed by atoms with van der Waals surface area (Å²) in [5, 5.41) is 0. The summed E-state index contributed by atoms with van der Waals surface area (Å²) < 4.78 is 16.3. The average Bonchev–Trinajstić information content (AvgIpc) is 3.22. The highest BCUT2D eigenvalue weighted by Gasteiger charge is 2.29. The molecule has 1 aromatic carbocycles. The van der Waals surface area contributed by atoms with E-state index in [4.69, 9.17) is 13.9 Å². The SMILES string of the molecule is CCCC(=O)N(c1ccc(OC)c(OC)c1)C1CCN(Cc2ccco2)CC1. The molecule has 2 aromatic rings. The maximum Gasteiger partial charge on any atom is 0.227 e. The van der Waals surface area contributed by atoms with Crippen LogP contribution in [0.15, 0.2) is 41.0 Å². The second-order valence-electron chi connectivity index (χ2n) is 7.14. The van der Waals surface area contributed by atoms with E-state index >= 15 is 0 Å². The molecule has 28 heavy (non-hydrogen) atoms. The summed E-state index contributed by atoms with van der Waals surface area (Å²) in [4.78, 5) is 17.3. The van der Waals surface area contributed by atoms with Gasteiger partial charge in [0.15, 0.2) is 11.5 Å². The van der Waals surface area contributed by atoms with Crippen molar-refractivity contribution in [2.75, 3.05) is 32.2 Å². The van der Waals surface area contributed by atoms with Gasteiger partial charge in [0, 0.05) is 37.3 Å². The van der Waals surface area contributed by atoms with Crippen LogP contribution in [0.1, 0.15) is 38.4 Å². The minimum absolute atomic E-state index is 0.166. The van der Waals surface area contributed by atoms with Crippen LogP contribution in [-0.2, 0) is 11.3 Å². The van der Waals surface area contributed by atoms with Crippen molar-refractivity contribution < 1.29 is 18.7 Å². The minimum Gasteiger partial charge on any atom is -0.493 e. The summed E-state index contributed by atoms with van der Waals surface area (Å²) >= 11 is 0. The molecule has 2 heterocycles. The molecule has 6 heteroatoms. The number of anilines is 1. The van der Waals surface area contributed by atoms with E-state index in [0.29, 0.717) is 17.9 Å².